The molecule has 0 bridgehead atoms. The van der Waals surface area contributed by atoms with Crippen molar-refractivity contribution in [2.75, 3.05) is 13.7 Å². The number of aromatic nitrogens is 1. The predicted octanol–water partition coefficient (Wildman–Crippen LogP) is 2.22. The molecular weight excluding hydrogens is 200 g/mol. The van der Waals surface area contributed by atoms with Crippen LogP contribution in [0.5, 0.6) is 5.88 Å². The van der Waals surface area contributed by atoms with Crippen LogP contribution in [0.1, 0.15) is 5.56 Å². The minimum absolute atomic E-state index is 0.399. The van der Waals surface area contributed by atoms with Gasteiger partial charge in [-0.1, -0.05) is 24.8 Å². The number of hydrogen-bond donors (Lipinski definition) is 1. The van der Waals surface area contributed by atoms with Crippen molar-refractivity contribution < 1.29 is 4.74 Å². The van der Waals surface area contributed by atoms with Gasteiger partial charge in [0.05, 0.1) is 12.6 Å². The summed E-state index contributed by atoms with van der Waals surface area (Å²) < 4.78 is 5.25. The van der Waals surface area contributed by atoms with Gasteiger partial charge in [-0.3, -0.25) is 0 Å². The van der Waals surface area contributed by atoms with Crippen molar-refractivity contribution in [3.8, 4) is 5.88 Å². The lowest BCUT2D eigenvalue weighted by atomic mass is 10.1. The van der Waals surface area contributed by atoms with E-state index in [4.69, 9.17) is 10.5 Å². The predicted molar refractivity (Wildman–Crippen MR) is 66.4 cm³/mol. The van der Waals surface area contributed by atoms with E-state index < -0.39 is 0 Å². The number of nitrogens with zero attached hydrogens (tertiary/aromatic N) is 1. The van der Waals surface area contributed by atoms with Crippen LogP contribution in [-0.2, 0) is 0 Å². The molecule has 0 aliphatic rings. The summed E-state index contributed by atoms with van der Waals surface area (Å²) in [5.41, 5.74) is 8.21. The fourth-order valence-electron chi connectivity index (χ4n) is 1.62. The third-order valence-corrected chi connectivity index (χ3v) is 2.51. The average Bonchev–Trinajstić information content (AvgIpc) is 2.36. The molecule has 1 heterocycles. The molecule has 2 aromatic rings. The maximum Gasteiger partial charge on any atom is 0.221 e. The zero-order valence-electron chi connectivity index (χ0n) is 9.23. The molecule has 0 atom stereocenters. The number of ether oxygens (including phenoxy) is 1. The van der Waals surface area contributed by atoms with Crippen LogP contribution in [0.4, 0.5) is 0 Å². The SMILES string of the molecule is C=C(CN)c1cc2ccccc2nc1OC. The fourth-order valence-corrected chi connectivity index (χ4v) is 1.62. The van der Waals surface area contributed by atoms with Crippen molar-refractivity contribution >= 4 is 16.5 Å². The molecule has 0 fully saturated rings. The van der Waals surface area contributed by atoms with Crippen molar-refractivity contribution in [3.05, 3.63) is 42.5 Å². The van der Waals surface area contributed by atoms with Crippen molar-refractivity contribution in [2.45, 2.75) is 0 Å². The van der Waals surface area contributed by atoms with E-state index in [1.165, 1.54) is 0 Å². The quantitative estimate of drug-likeness (QED) is 0.852. The summed E-state index contributed by atoms with van der Waals surface area (Å²) in [6.07, 6.45) is 0. The second-order valence-corrected chi connectivity index (χ2v) is 3.55. The highest BCUT2D eigenvalue weighted by Crippen LogP contribution is 2.26. The third-order valence-electron chi connectivity index (χ3n) is 2.51. The van der Waals surface area contributed by atoms with Crippen molar-refractivity contribution in [1.29, 1.82) is 0 Å². The zero-order chi connectivity index (χ0) is 11.5. The van der Waals surface area contributed by atoms with Gasteiger partial charge in [0, 0.05) is 17.5 Å². The normalized spacial score (nSPS) is 10.4. The minimum Gasteiger partial charge on any atom is -0.481 e. The van der Waals surface area contributed by atoms with E-state index in [0.29, 0.717) is 12.4 Å². The second-order valence-electron chi connectivity index (χ2n) is 3.55. The maximum absolute atomic E-state index is 5.59. The smallest absolute Gasteiger partial charge is 0.221 e. The molecule has 0 amide bonds. The first kappa shape index (κ1) is 10.6. The number of nitrogens with two attached hydrogens (primary N) is 1. The molecule has 0 unspecified atom stereocenters. The molecule has 2 N–H and O–H groups in total. The molecule has 0 spiro atoms. The molecule has 16 heavy (non-hydrogen) atoms. The Bertz CT molecular complexity index is 534. The van der Waals surface area contributed by atoms with Crippen LogP contribution in [0, 0.1) is 0 Å². The first-order valence-electron chi connectivity index (χ1n) is 5.08. The van der Waals surface area contributed by atoms with Crippen LogP contribution in [-0.4, -0.2) is 18.6 Å². The van der Waals surface area contributed by atoms with Gasteiger partial charge < -0.3 is 10.5 Å². The van der Waals surface area contributed by atoms with E-state index in [1.807, 2.05) is 30.3 Å². The number of pyridine rings is 1. The van der Waals surface area contributed by atoms with Crippen molar-refractivity contribution in [1.82, 2.24) is 4.98 Å². The molecule has 1 aromatic heterocycles. The Balaban J connectivity index is 2.67. The topological polar surface area (TPSA) is 48.1 Å². The molecular formula is C13H14N2O. The summed E-state index contributed by atoms with van der Waals surface area (Å²) in [4.78, 5) is 4.42. The molecule has 82 valence electrons. The Hall–Kier alpha value is -1.87. The van der Waals surface area contributed by atoms with Crippen molar-refractivity contribution in [3.63, 3.8) is 0 Å². The zero-order valence-corrected chi connectivity index (χ0v) is 9.23. The van der Waals surface area contributed by atoms with Crippen LogP contribution >= 0.6 is 0 Å². The van der Waals surface area contributed by atoms with Crippen LogP contribution in [0.15, 0.2) is 36.9 Å². The highest BCUT2D eigenvalue weighted by molar-refractivity contribution is 5.84. The molecule has 0 saturated heterocycles. The fraction of sp³-hybridized carbons (Fsp3) is 0.154. The van der Waals surface area contributed by atoms with Crippen LogP contribution in [0.3, 0.4) is 0 Å². The molecule has 0 aliphatic carbocycles. The molecule has 3 nitrogen and oxygen atoms in total. The lowest BCUT2D eigenvalue weighted by Crippen LogP contribution is -2.03. The Morgan fingerprint density at radius 2 is 2.19 bits per heavy atom. The van der Waals surface area contributed by atoms with Gasteiger partial charge in [-0.15, -0.1) is 0 Å². The summed E-state index contributed by atoms with van der Waals surface area (Å²) >= 11 is 0. The van der Waals surface area contributed by atoms with E-state index in [9.17, 15) is 0 Å². The van der Waals surface area contributed by atoms with Crippen LogP contribution in [0.2, 0.25) is 0 Å². The summed E-state index contributed by atoms with van der Waals surface area (Å²) in [5.74, 6) is 0.578. The number of hydrogen-bond acceptors (Lipinski definition) is 3. The van der Waals surface area contributed by atoms with Gasteiger partial charge in [-0.25, -0.2) is 4.98 Å². The standard InChI is InChI=1S/C13H14N2O/c1-9(8-14)11-7-10-5-3-4-6-12(10)15-13(11)16-2/h3-7H,1,8,14H2,2H3. The number of benzene rings is 1. The molecule has 0 saturated carbocycles. The minimum atomic E-state index is 0.399. The Morgan fingerprint density at radius 3 is 2.88 bits per heavy atom. The highest BCUT2D eigenvalue weighted by atomic mass is 16.5. The number of rotatable bonds is 3. The van der Waals surface area contributed by atoms with Gasteiger partial charge in [0.1, 0.15) is 0 Å². The summed E-state index contributed by atoms with van der Waals surface area (Å²) in [5, 5.41) is 1.06. The molecule has 3 heteroatoms. The highest BCUT2D eigenvalue weighted by Gasteiger charge is 2.08. The number of para-hydroxylation sites is 1. The van der Waals surface area contributed by atoms with Crippen molar-refractivity contribution in [2.24, 2.45) is 5.73 Å². The maximum atomic E-state index is 5.59. The molecule has 0 aliphatic heterocycles. The Morgan fingerprint density at radius 1 is 1.44 bits per heavy atom. The summed E-state index contributed by atoms with van der Waals surface area (Å²) in [6.45, 7) is 4.31. The van der Waals surface area contributed by atoms with Gasteiger partial charge in [-0.2, -0.15) is 0 Å². The molecule has 2 rings (SSSR count). The van der Waals surface area contributed by atoms with Gasteiger partial charge >= 0.3 is 0 Å². The van der Waals surface area contributed by atoms with E-state index in [-0.39, 0.29) is 0 Å². The Labute approximate surface area is 94.6 Å². The lowest BCUT2D eigenvalue weighted by Gasteiger charge is -2.10. The Kier molecular flexibility index (Phi) is 2.88. The largest absolute Gasteiger partial charge is 0.481 e. The number of methoxy groups -OCH3 is 1. The van der Waals surface area contributed by atoms with Crippen LogP contribution < -0.4 is 10.5 Å². The monoisotopic (exact) mass is 214 g/mol. The lowest BCUT2D eigenvalue weighted by molar-refractivity contribution is 0.398. The van der Waals surface area contributed by atoms with Gasteiger partial charge in [-0.05, 0) is 17.7 Å². The van der Waals surface area contributed by atoms with E-state index in [0.717, 1.165) is 22.0 Å². The number of fused-ring (bicyclic) bond motifs is 1. The first-order chi connectivity index (χ1) is 7.76. The van der Waals surface area contributed by atoms with Gasteiger partial charge in [0.15, 0.2) is 0 Å². The molecule has 0 radical (unpaired) electrons. The van der Waals surface area contributed by atoms with Gasteiger partial charge in [0.2, 0.25) is 5.88 Å². The van der Waals surface area contributed by atoms with E-state index in [2.05, 4.69) is 11.6 Å². The first-order valence-corrected chi connectivity index (χ1v) is 5.08. The second kappa shape index (κ2) is 4.33. The van der Waals surface area contributed by atoms with E-state index >= 15 is 0 Å². The molecule has 1 aromatic carbocycles. The average molecular weight is 214 g/mol. The summed E-state index contributed by atoms with van der Waals surface area (Å²) in [6, 6.07) is 9.90. The van der Waals surface area contributed by atoms with E-state index in [1.54, 1.807) is 7.11 Å². The van der Waals surface area contributed by atoms with Gasteiger partial charge in [0.25, 0.3) is 0 Å². The summed E-state index contributed by atoms with van der Waals surface area (Å²) in [7, 11) is 1.60. The van der Waals surface area contributed by atoms with Crippen LogP contribution in [0.25, 0.3) is 16.5 Å². The third kappa shape index (κ3) is 1.77.